The number of nitrogens with two attached hydrogens (primary N) is 1. The topological polar surface area (TPSA) is 118 Å². The molecule has 0 aliphatic carbocycles. The summed E-state index contributed by atoms with van der Waals surface area (Å²) in [6, 6.07) is -2.18. The number of allylic oxidation sites excluding steroid dienone is 1. The zero-order chi connectivity index (χ0) is 19.1. The maximum atomic E-state index is 12.2. The number of nitrogens with one attached hydrogen (secondary N) is 1. The van der Waals surface area contributed by atoms with Crippen LogP contribution in [0.4, 0.5) is 9.59 Å². The van der Waals surface area contributed by atoms with Gasteiger partial charge in [-0.1, -0.05) is 24.3 Å². The van der Waals surface area contributed by atoms with Crippen molar-refractivity contribution in [3.05, 3.63) is 47.5 Å². The van der Waals surface area contributed by atoms with Gasteiger partial charge in [-0.15, -0.1) is 0 Å². The lowest BCUT2D eigenvalue weighted by Gasteiger charge is -2.25. The molecule has 1 aromatic heterocycles. The van der Waals surface area contributed by atoms with E-state index in [2.05, 4.69) is 27.0 Å². The Labute approximate surface area is 155 Å². The van der Waals surface area contributed by atoms with Gasteiger partial charge in [0.25, 0.3) is 0 Å². The van der Waals surface area contributed by atoms with Crippen LogP contribution >= 0.6 is 11.6 Å². The fourth-order valence-electron chi connectivity index (χ4n) is 2.14. The highest BCUT2D eigenvalue weighted by Crippen LogP contribution is 2.17. The number of nitrogens with zero attached hydrogens (tertiary/aromatic N) is 5. The Kier molecular flexibility index (Phi) is 6.45. The van der Waals surface area contributed by atoms with Gasteiger partial charge in [0.15, 0.2) is 0 Å². The first-order chi connectivity index (χ1) is 12.4. The molecule has 4 amide bonds. The summed E-state index contributed by atoms with van der Waals surface area (Å²) in [5, 5.41) is 6.60. The molecule has 3 N–H and O–H groups in total. The van der Waals surface area contributed by atoms with E-state index in [-0.39, 0.29) is 5.03 Å². The summed E-state index contributed by atoms with van der Waals surface area (Å²) in [5.74, 6) is 0. The number of carbonyl (C=O) groups excluding carboxylic acids is 2. The minimum Gasteiger partial charge on any atom is -0.351 e. The summed E-state index contributed by atoms with van der Waals surface area (Å²) in [6.45, 7) is 3.63. The molecule has 1 aliphatic rings. The van der Waals surface area contributed by atoms with Crippen molar-refractivity contribution in [2.45, 2.75) is 12.5 Å². The van der Waals surface area contributed by atoms with Gasteiger partial charge in [-0.2, -0.15) is 5.10 Å². The predicted octanol–water partition coefficient (Wildman–Crippen LogP) is 1.99. The molecular weight excluding hydrogens is 358 g/mol. The van der Waals surface area contributed by atoms with E-state index in [1.54, 1.807) is 42.5 Å². The molecule has 26 heavy (non-hydrogen) atoms. The Balaban J connectivity index is 2.08. The molecule has 1 unspecified atom stereocenters. The lowest BCUT2D eigenvalue weighted by atomic mass is 10.2. The highest BCUT2D eigenvalue weighted by atomic mass is 35.5. The number of aryl methyl sites for hydroxylation is 1. The van der Waals surface area contributed by atoms with E-state index in [1.165, 1.54) is 6.21 Å². The van der Waals surface area contributed by atoms with E-state index in [0.717, 1.165) is 16.8 Å². The average molecular weight is 376 g/mol. The van der Waals surface area contributed by atoms with Crippen molar-refractivity contribution >= 4 is 42.3 Å². The number of hydrogen-bond donors (Lipinski definition) is 2. The highest BCUT2D eigenvalue weighted by molar-refractivity contribution is 6.32. The van der Waals surface area contributed by atoms with Crippen LogP contribution in [0.15, 0.2) is 52.0 Å². The maximum Gasteiger partial charge on any atom is 0.331 e. The number of amides is 4. The minimum atomic E-state index is -0.893. The van der Waals surface area contributed by atoms with E-state index in [9.17, 15) is 9.59 Å². The summed E-state index contributed by atoms with van der Waals surface area (Å²) in [7, 11) is 1.78. The molecule has 0 bridgehead atoms. The molecular formula is C16H18ClN7O2. The van der Waals surface area contributed by atoms with Crippen molar-refractivity contribution in [1.29, 1.82) is 0 Å². The Bertz CT molecular complexity index is 822. The Hall–Kier alpha value is -3.20. The van der Waals surface area contributed by atoms with Crippen molar-refractivity contribution in [3.63, 3.8) is 0 Å². The number of imide groups is 1. The van der Waals surface area contributed by atoms with Gasteiger partial charge in [0.05, 0.1) is 29.3 Å². The van der Waals surface area contributed by atoms with Crippen molar-refractivity contribution in [2.24, 2.45) is 22.8 Å². The van der Waals surface area contributed by atoms with Gasteiger partial charge in [0, 0.05) is 31.2 Å². The van der Waals surface area contributed by atoms with E-state index < -0.39 is 18.1 Å². The second-order valence-corrected chi connectivity index (χ2v) is 5.74. The van der Waals surface area contributed by atoms with E-state index in [0.29, 0.717) is 12.1 Å². The molecule has 1 aromatic rings. The van der Waals surface area contributed by atoms with Crippen molar-refractivity contribution in [2.75, 3.05) is 0 Å². The minimum absolute atomic E-state index is 0.177. The molecule has 0 saturated carbocycles. The van der Waals surface area contributed by atoms with Crippen LogP contribution in [-0.2, 0) is 7.05 Å². The Morgan fingerprint density at radius 1 is 1.58 bits per heavy atom. The molecule has 1 aliphatic heterocycles. The smallest absolute Gasteiger partial charge is 0.331 e. The molecule has 0 saturated heterocycles. The molecule has 9 nitrogen and oxygen atoms in total. The first kappa shape index (κ1) is 19.1. The standard InChI is InChI=1S/C16H18ClN7O2/c1-11(17)14(6-12-7-22-23(2)9-12)20-10-21-16(26)24(15(18)25)13-4-3-5-19-8-13/h3,5-10,13H,1,4H2,2H3,(H2,18,25)(H,20,21,26)/b14-6+. The third-order valence-corrected chi connectivity index (χ3v) is 3.51. The van der Waals surface area contributed by atoms with Gasteiger partial charge < -0.3 is 5.73 Å². The summed E-state index contributed by atoms with van der Waals surface area (Å²) in [6.07, 6.45) is 11.4. The molecule has 136 valence electrons. The summed E-state index contributed by atoms with van der Waals surface area (Å²) in [5.41, 5.74) is 6.38. The van der Waals surface area contributed by atoms with Gasteiger partial charge in [-0.3, -0.25) is 15.0 Å². The van der Waals surface area contributed by atoms with Crippen LogP contribution in [0, 0.1) is 0 Å². The zero-order valence-corrected chi connectivity index (χ0v) is 14.8. The van der Waals surface area contributed by atoms with Crippen molar-refractivity contribution in [3.8, 4) is 0 Å². The number of rotatable bonds is 5. The van der Waals surface area contributed by atoms with Crippen LogP contribution in [-0.4, -0.2) is 45.3 Å². The van der Waals surface area contributed by atoms with Gasteiger partial charge >= 0.3 is 12.1 Å². The lowest BCUT2D eigenvalue weighted by Crippen LogP contribution is -2.52. The second-order valence-electron chi connectivity index (χ2n) is 5.28. The van der Waals surface area contributed by atoms with E-state index in [1.807, 2.05) is 0 Å². The van der Waals surface area contributed by atoms with Crippen LogP contribution < -0.4 is 11.1 Å². The normalized spacial score (nSPS) is 16.7. The van der Waals surface area contributed by atoms with Crippen molar-refractivity contribution in [1.82, 2.24) is 20.0 Å². The fraction of sp³-hybridized carbons (Fsp3) is 0.188. The molecule has 1 atom stereocenters. The third kappa shape index (κ3) is 5.15. The van der Waals surface area contributed by atoms with Gasteiger partial charge in [-0.05, 0) is 12.5 Å². The van der Waals surface area contributed by atoms with Crippen LogP contribution in [0.2, 0.25) is 0 Å². The number of halogens is 1. The highest BCUT2D eigenvalue weighted by Gasteiger charge is 2.26. The summed E-state index contributed by atoms with van der Waals surface area (Å²) < 4.78 is 1.62. The third-order valence-electron chi connectivity index (χ3n) is 3.31. The molecule has 0 spiro atoms. The SMILES string of the molecule is C=C(Cl)/C(=C\c1cnn(C)c1)N=CNC(=O)N(C(N)=O)C1C=NC=CC1. The first-order valence-electron chi connectivity index (χ1n) is 7.53. The fourth-order valence-corrected chi connectivity index (χ4v) is 2.25. The van der Waals surface area contributed by atoms with Crippen LogP contribution in [0.1, 0.15) is 12.0 Å². The number of urea groups is 2. The van der Waals surface area contributed by atoms with Crippen LogP contribution in [0.3, 0.4) is 0 Å². The molecule has 10 heteroatoms. The zero-order valence-electron chi connectivity index (χ0n) is 14.0. The van der Waals surface area contributed by atoms with Crippen LogP contribution in [0.5, 0.6) is 0 Å². The van der Waals surface area contributed by atoms with Crippen molar-refractivity contribution < 1.29 is 9.59 Å². The monoisotopic (exact) mass is 375 g/mol. The van der Waals surface area contributed by atoms with Crippen LogP contribution in [0.25, 0.3) is 6.08 Å². The van der Waals surface area contributed by atoms with E-state index in [4.69, 9.17) is 17.3 Å². The lowest BCUT2D eigenvalue weighted by molar-refractivity contribution is 0.189. The second kappa shape index (κ2) is 8.77. The maximum absolute atomic E-state index is 12.2. The predicted molar refractivity (Wildman–Crippen MR) is 101 cm³/mol. The first-order valence-corrected chi connectivity index (χ1v) is 7.91. The Morgan fingerprint density at radius 3 is 2.88 bits per heavy atom. The summed E-state index contributed by atoms with van der Waals surface area (Å²) in [4.78, 5) is 32.7. The molecule has 0 fully saturated rings. The molecule has 2 rings (SSSR count). The van der Waals surface area contributed by atoms with Gasteiger partial charge in [0.2, 0.25) is 0 Å². The molecule has 0 radical (unpaired) electrons. The molecule has 0 aromatic carbocycles. The molecule has 2 heterocycles. The Morgan fingerprint density at radius 2 is 2.35 bits per heavy atom. The van der Waals surface area contributed by atoms with E-state index >= 15 is 0 Å². The quantitative estimate of drug-likeness (QED) is 0.465. The van der Waals surface area contributed by atoms with Gasteiger partial charge in [0.1, 0.15) is 0 Å². The largest absolute Gasteiger partial charge is 0.351 e. The number of primary amides is 1. The number of carbonyl (C=O) groups is 2. The average Bonchev–Trinajstić information content (AvgIpc) is 2.99. The summed E-state index contributed by atoms with van der Waals surface area (Å²) >= 11 is 5.92. The van der Waals surface area contributed by atoms with Gasteiger partial charge in [-0.25, -0.2) is 19.5 Å². The number of aliphatic imine (C=N–C) groups is 2. The number of hydrogen-bond acceptors (Lipinski definition) is 5. The number of aromatic nitrogens is 2.